The maximum absolute atomic E-state index is 12.7. The first-order valence-electron chi connectivity index (χ1n) is 9.60. The highest BCUT2D eigenvalue weighted by atomic mass is 16.2. The molecule has 2 aromatic heterocycles. The van der Waals surface area contributed by atoms with Crippen molar-refractivity contribution in [2.75, 3.05) is 5.32 Å². The third-order valence-corrected chi connectivity index (χ3v) is 4.74. The van der Waals surface area contributed by atoms with Gasteiger partial charge in [0.2, 0.25) is 0 Å². The number of para-hydroxylation sites is 1. The fourth-order valence-electron chi connectivity index (χ4n) is 3.17. The molecule has 148 valence electrons. The van der Waals surface area contributed by atoms with Crippen LogP contribution in [0.1, 0.15) is 39.5 Å². The zero-order chi connectivity index (χ0) is 20.9. The minimum Gasteiger partial charge on any atom is -0.344 e. The molecule has 0 spiro atoms. The lowest BCUT2D eigenvalue weighted by Gasteiger charge is -2.14. The Labute approximate surface area is 174 Å². The van der Waals surface area contributed by atoms with Crippen molar-refractivity contribution in [3.63, 3.8) is 0 Å². The van der Waals surface area contributed by atoms with Gasteiger partial charge < -0.3 is 10.6 Å². The monoisotopic (exact) mass is 396 g/mol. The van der Waals surface area contributed by atoms with Gasteiger partial charge in [0.25, 0.3) is 11.8 Å². The second-order valence-electron chi connectivity index (χ2n) is 6.85. The Kier molecular flexibility index (Phi) is 5.48. The average molecular weight is 396 g/mol. The maximum atomic E-state index is 12.7. The number of carbonyl (C=O) groups excluding carboxylic acids is 2. The van der Waals surface area contributed by atoms with Crippen LogP contribution < -0.4 is 10.6 Å². The van der Waals surface area contributed by atoms with Gasteiger partial charge in [0.05, 0.1) is 17.2 Å². The number of pyridine rings is 2. The summed E-state index contributed by atoms with van der Waals surface area (Å²) in [5, 5.41) is 6.67. The Bertz CT molecular complexity index is 1200. The summed E-state index contributed by atoms with van der Waals surface area (Å²) in [6.07, 6.45) is 1.68. The molecule has 0 aliphatic rings. The van der Waals surface area contributed by atoms with Crippen LogP contribution in [0.15, 0.2) is 85.1 Å². The van der Waals surface area contributed by atoms with Gasteiger partial charge in [0, 0.05) is 11.6 Å². The van der Waals surface area contributed by atoms with E-state index in [0.29, 0.717) is 11.2 Å². The number of carbonyl (C=O) groups is 2. The van der Waals surface area contributed by atoms with E-state index in [9.17, 15) is 9.59 Å². The molecule has 0 bridgehead atoms. The van der Waals surface area contributed by atoms with Crippen molar-refractivity contribution in [3.8, 4) is 0 Å². The molecule has 6 nitrogen and oxygen atoms in total. The normalized spacial score (nSPS) is 11.6. The standard InChI is InChI=1S/C24H20N4O2/c1-16(17-8-3-2-4-9-17)26-23(29)20-13-6-14-21(27-20)24(30)28-19-12-5-10-18-11-7-15-25-22(18)19/h2-16H,1H3,(H,26,29)(H,28,30). The van der Waals surface area contributed by atoms with Crippen LogP contribution in [0.25, 0.3) is 10.9 Å². The highest BCUT2D eigenvalue weighted by Crippen LogP contribution is 2.21. The number of nitrogens with zero attached hydrogens (tertiary/aromatic N) is 2. The Balaban J connectivity index is 1.51. The van der Waals surface area contributed by atoms with Crippen LogP contribution in [0.3, 0.4) is 0 Å². The third-order valence-electron chi connectivity index (χ3n) is 4.74. The smallest absolute Gasteiger partial charge is 0.274 e. The fraction of sp³-hybridized carbons (Fsp3) is 0.0833. The van der Waals surface area contributed by atoms with Crippen LogP contribution in [0.2, 0.25) is 0 Å². The molecule has 4 aromatic rings. The zero-order valence-corrected chi connectivity index (χ0v) is 16.4. The number of nitrogens with one attached hydrogen (secondary N) is 2. The number of hydrogen-bond donors (Lipinski definition) is 2. The molecular formula is C24H20N4O2. The summed E-state index contributed by atoms with van der Waals surface area (Å²) < 4.78 is 0. The predicted molar refractivity (Wildman–Crippen MR) is 116 cm³/mol. The Morgan fingerprint density at radius 1 is 0.800 bits per heavy atom. The second-order valence-corrected chi connectivity index (χ2v) is 6.85. The first kappa shape index (κ1) is 19.3. The number of anilines is 1. The lowest BCUT2D eigenvalue weighted by atomic mass is 10.1. The van der Waals surface area contributed by atoms with Gasteiger partial charge in [0.15, 0.2) is 0 Å². The zero-order valence-electron chi connectivity index (χ0n) is 16.4. The molecule has 30 heavy (non-hydrogen) atoms. The molecule has 6 heteroatoms. The number of rotatable bonds is 5. The number of hydrogen-bond acceptors (Lipinski definition) is 4. The van der Waals surface area contributed by atoms with E-state index < -0.39 is 5.91 Å². The molecule has 0 aliphatic heterocycles. The van der Waals surface area contributed by atoms with Crippen LogP contribution >= 0.6 is 0 Å². The van der Waals surface area contributed by atoms with Crippen molar-refractivity contribution in [2.45, 2.75) is 13.0 Å². The van der Waals surface area contributed by atoms with E-state index in [1.807, 2.05) is 61.5 Å². The number of benzene rings is 2. The van der Waals surface area contributed by atoms with E-state index in [0.717, 1.165) is 10.9 Å². The predicted octanol–water partition coefficient (Wildman–Crippen LogP) is 4.37. The second kappa shape index (κ2) is 8.53. The van der Waals surface area contributed by atoms with E-state index in [4.69, 9.17) is 0 Å². The summed E-state index contributed by atoms with van der Waals surface area (Å²) in [7, 11) is 0. The summed E-state index contributed by atoms with van der Waals surface area (Å²) in [6, 6.07) is 23.6. The van der Waals surface area contributed by atoms with Crippen LogP contribution in [0.5, 0.6) is 0 Å². The Hall–Kier alpha value is -4.06. The SMILES string of the molecule is CC(NC(=O)c1cccc(C(=O)Nc2cccc3cccnc23)n1)c1ccccc1. The lowest BCUT2D eigenvalue weighted by molar-refractivity contribution is 0.0934. The first-order valence-corrected chi connectivity index (χ1v) is 9.60. The van der Waals surface area contributed by atoms with E-state index >= 15 is 0 Å². The van der Waals surface area contributed by atoms with Crippen molar-refractivity contribution < 1.29 is 9.59 Å². The lowest BCUT2D eigenvalue weighted by Crippen LogP contribution is -2.28. The molecule has 0 radical (unpaired) electrons. The van der Waals surface area contributed by atoms with Crippen LogP contribution in [-0.2, 0) is 0 Å². The molecule has 0 fully saturated rings. The largest absolute Gasteiger partial charge is 0.344 e. The quantitative estimate of drug-likeness (QED) is 0.525. The summed E-state index contributed by atoms with van der Waals surface area (Å²) in [5.74, 6) is -0.744. The molecule has 2 heterocycles. The number of fused-ring (bicyclic) bond motifs is 1. The summed E-state index contributed by atoms with van der Waals surface area (Å²) in [4.78, 5) is 34.0. The van der Waals surface area contributed by atoms with Gasteiger partial charge in [-0.25, -0.2) is 4.98 Å². The highest BCUT2D eigenvalue weighted by molar-refractivity contribution is 6.07. The van der Waals surface area contributed by atoms with E-state index in [1.54, 1.807) is 30.5 Å². The molecule has 1 atom stereocenters. The molecule has 2 N–H and O–H groups in total. The van der Waals surface area contributed by atoms with E-state index in [2.05, 4.69) is 20.6 Å². The summed E-state index contributed by atoms with van der Waals surface area (Å²) >= 11 is 0. The Morgan fingerprint density at radius 3 is 2.30 bits per heavy atom. The van der Waals surface area contributed by atoms with Gasteiger partial charge in [-0.05, 0) is 36.8 Å². The summed E-state index contributed by atoms with van der Waals surface area (Å²) in [6.45, 7) is 1.90. The van der Waals surface area contributed by atoms with Crippen molar-refractivity contribution in [1.82, 2.24) is 15.3 Å². The molecule has 0 aliphatic carbocycles. The molecular weight excluding hydrogens is 376 g/mol. The molecule has 1 unspecified atom stereocenters. The first-order chi connectivity index (χ1) is 14.6. The van der Waals surface area contributed by atoms with Gasteiger partial charge >= 0.3 is 0 Å². The van der Waals surface area contributed by atoms with E-state index in [1.165, 1.54) is 0 Å². The molecule has 0 saturated heterocycles. The third kappa shape index (κ3) is 4.17. The average Bonchev–Trinajstić information content (AvgIpc) is 2.80. The topological polar surface area (TPSA) is 84.0 Å². The van der Waals surface area contributed by atoms with Gasteiger partial charge in [-0.1, -0.05) is 54.6 Å². The Morgan fingerprint density at radius 2 is 1.50 bits per heavy atom. The maximum Gasteiger partial charge on any atom is 0.274 e. The van der Waals surface area contributed by atoms with Gasteiger partial charge in [-0.2, -0.15) is 0 Å². The molecule has 2 aromatic carbocycles. The number of aromatic nitrogens is 2. The molecule has 4 rings (SSSR count). The summed E-state index contributed by atoms with van der Waals surface area (Å²) in [5.41, 5.74) is 2.61. The van der Waals surface area contributed by atoms with Gasteiger partial charge in [0.1, 0.15) is 11.4 Å². The van der Waals surface area contributed by atoms with Crippen LogP contribution in [0, 0.1) is 0 Å². The van der Waals surface area contributed by atoms with Crippen LogP contribution in [0.4, 0.5) is 5.69 Å². The highest BCUT2D eigenvalue weighted by Gasteiger charge is 2.16. The van der Waals surface area contributed by atoms with Crippen LogP contribution in [-0.4, -0.2) is 21.8 Å². The minimum atomic E-state index is -0.404. The van der Waals surface area contributed by atoms with Crippen molar-refractivity contribution in [2.24, 2.45) is 0 Å². The van der Waals surface area contributed by atoms with E-state index in [-0.39, 0.29) is 23.3 Å². The van der Waals surface area contributed by atoms with Gasteiger partial charge in [-0.3, -0.25) is 14.6 Å². The van der Waals surface area contributed by atoms with Gasteiger partial charge in [-0.15, -0.1) is 0 Å². The van der Waals surface area contributed by atoms with Crippen molar-refractivity contribution in [1.29, 1.82) is 0 Å². The minimum absolute atomic E-state index is 0.156. The fourth-order valence-corrected chi connectivity index (χ4v) is 3.17. The molecule has 2 amide bonds. The van der Waals surface area contributed by atoms with Crippen molar-refractivity contribution >= 4 is 28.4 Å². The number of amides is 2. The van der Waals surface area contributed by atoms with Crippen molar-refractivity contribution in [3.05, 3.63) is 102 Å². The molecule has 0 saturated carbocycles.